The van der Waals surface area contributed by atoms with Crippen molar-refractivity contribution in [3.63, 3.8) is 0 Å². The van der Waals surface area contributed by atoms with Crippen molar-refractivity contribution >= 4 is 17.6 Å². The number of carboxylic acids is 1. The molecule has 0 radical (unpaired) electrons. The fraction of sp³-hybridized carbons (Fsp3) is 0.300. The van der Waals surface area contributed by atoms with Crippen molar-refractivity contribution < 1.29 is 15.0 Å². The molecule has 3 nitrogen and oxygen atoms in total. The summed E-state index contributed by atoms with van der Waals surface area (Å²) in [5, 5.41) is 18.5. The molecule has 1 unspecified atom stereocenters. The van der Waals surface area contributed by atoms with E-state index in [1.807, 2.05) is 0 Å². The molecule has 1 aromatic carbocycles. The summed E-state index contributed by atoms with van der Waals surface area (Å²) >= 11 is 5.87. The van der Waals surface area contributed by atoms with Gasteiger partial charge in [-0.05, 0) is 30.0 Å². The standard InChI is InChI=1S/C10H9ClO3/c11-9-7-4-6(10(13)14)3-5(7)1-2-8(9)12/h1-2,6,12H,3-4H2,(H,13,14). The molecule has 0 spiro atoms. The van der Waals surface area contributed by atoms with Crippen LogP contribution in [0.15, 0.2) is 12.1 Å². The molecule has 14 heavy (non-hydrogen) atoms. The molecule has 0 fully saturated rings. The molecule has 0 saturated carbocycles. The van der Waals surface area contributed by atoms with Crippen LogP contribution < -0.4 is 0 Å². The van der Waals surface area contributed by atoms with E-state index in [0.29, 0.717) is 17.9 Å². The van der Waals surface area contributed by atoms with E-state index in [1.165, 1.54) is 6.07 Å². The van der Waals surface area contributed by atoms with Gasteiger partial charge in [-0.3, -0.25) is 4.79 Å². The van der Waals surface area contributed by atoms with E-state index >= 15 is 0 Å². The van der Waals surface area contributed by atoms with Crippen molar-refractivity contribution in [1.29, 1.82) is 0 Å². The van der Waals surface area contributed by atoms with Crippen LogP contribution >= 0.6 is 11.6 Å². The van der Waals surface area contributed by atoms with Crippen molar-refractivity contribution in [1.82, 2.24) is 0 Å². The summed E-state index contributed by atoms with van der Waals surface area (Å²) in [6.45, 7) is 0. The van der Waals surface area contributed by atoms with Crippen molar-refractivity contribution in [2.75, 3.05) is 0 Å². The Balaban J connectivity index is 2.40. The third kappa shape index (κ3) is 1.34. The Hall–Kier alpha value is -1.22. The number of halogens is 1. The van der Waals surface area contributed by atoms with E-state index in [0.717, 1.165) is 11.1 Å². The number of aromatic hydroxyl groups is 1. The molecule has 4 heteroatoms. The topological polar surface area (TPSA) is 57.5 Å². The molecule has 1 aromatic rings. The summed E-state index contributed by atoms with van der Waals surface area (Å²) in [7, 11) is 0. The first kappa shape index (κ1) is 9.34. The highest BCUT2D eigenvalue weighted by atomic mass is 35.5. The maximum absolute atomic E-state index is 10.8. The van der Waals surface area contributed by atoms with Crippen LogP contribution in [0, 0.1) is 5.92 Å². The van der Waals surface area contributed by atoms with E-state index < -0.39 is 11.9 Å². The minimum atomic E-state index is -0.809. The smallest absolute Gasteiger partial charge is 0.307 e. The number of carbonyl (C=O) groups is 1. The third-order valence-corrected chi connectivity index (χ3v) is 3.01. The molecule has 0 heterocycles. The molecule has 0 bridgehead atoms. The highest BCUT2D eigenvalue weighted by Gasteiger charge is 2.29. The lowest BCUT2D eigenvalue weighted by Crippen LogP contribution is -2.12. The fourth-order valence-electron chi connectivity index (χ4n) is 1.82. The SMILES string of the molecule is O=C(O)C1Cc2ccc(O)c(Cl)c2C1. The molecule has 2 N–H and O–H groups in total. The van der Waals surface area contributed by atoms with Crippen LogP contribution in [-0.2, 0) is 17.6 Å². The number of phenolic OH excluding ortho intramolecular Hbond substituents is 1. The van der Waals surface area contributed by atoms with Gasteiger partial charge in [0.2, 0.25) is 0 Å². The normalized spacial score (nSPS) is 19.4. The van der Waals surface area contributed by atoms with Crippen LogP contribution in [0.2, 0.25) is 5.02 Å². The van der Waals surface area contributed by atoms with Crippen molar-refractivity contribution in [2.24, 2.45) is 5.92 Å². The van der Waals surface area contributed by atoms with Gasteiger partial charge in [-0.1, -0.05) is 17.7 Å². The molecule has 2 rings (SSSR count). The quantitative estimate of drug-likeness (QED) is 0.747. The first-order valence-electron chi connectivity index (χ1n) is 4.31. The number of benzene rings is 1. The van der Waals surface area contributed by atoms with Gasteiger partial charge in [-0.2, -0.15) is 0 Å². The zero-order valence-corrected chi connectivity index (χ0v) is 8.08. The van der Waals surface area contributed by atoms with Gasteiger partial charge in [0.1, 0.15) is 5.75 Å². The minimum absolute atomic E-state index is 0.0245. The lowest BCUT2D eigenvalue weighted by Gasteiger charge is -2.02. The number of aliphatic carboxylic acids is 1. The summed E-state index contributed by atoms with van der Waals surface area (Å²) in [5.41, 5.74) is 1.71. The zero-order chi connectivity index (χ0) is 10.3. The van der Waals surface area contributed by atoms with Crippen LogP contribution in [0.4, 0.5) is 0 Å². The van der Waals surface area contributed by atoms with Crippen LogP contribution in [0.25, 0.3) is 0 Å². The van der Waals surface area contributed by atoms with Crippen LogP contribution in [-0.4, -0.2) is 16.2 Å². The Labute approximate surface area is 85.9 Å². The number of phenols is 1. The second-order valence-corrected chi connectivity index (χ2v) is 3.86. The van der Waals surface area contributed by atoms with Gasteiger partial charge in [-0.25, -0.2) is 0 Å². The van der Waals surface area contributed by atoms with Crippen LogP contribution in [0.3, 0.4) is 0 Å². The molecular weight excluding hydrogens is 204 g/mol. The highest BCUT2D eigenvalue weighted by Crippen LogP contribution is 2.37. The lowest BCUT2D eigenvalue weighted by atomic mass is 10.1. The zero-order valence-electron chi connectivity index (χ0n) is 7.33. The van der Waals surface area contributed by atoms with Gasteiger partial charge in [0.25, 0.3) is 0 Å². The predicted molar refractivity (Wildman–Crippen MR) is 51.7 cm³/mol. The molecule has 0 saturated heterocycles. The fourth-order valence-corrected chi connectivity index (χ4v) is 2.08. The first-order chi connectivity index (χ1) is 6.59. The van der Waals surface area contributed by atoms with Gasteiger partial charge in [0.05, 0.1) is 10.9 Å². The maximum Gasteiger partial charge on any atom is 0.307 e. The Morgan fingerprint density at radius 3 is 2.79 bits per heavy atom. The first-order valence-corrected chi connectivity index (χ1v) is 4.69. The van der Waals surface area contributed by atoms with Crippen LogP contribution in [0.1, 0.15) is 11.1 Å². The summed E-state index contributed by atoms with van der Waals surface area (Å²) in [6.07, 6.45) is 0.919. The number of hydrogen-bond acceptors (Lipinski definition) is 2. The number of rotatable bonds is 1. The highest BCUT2D eigenvalue weighted by molar-refractivity contribution is 6.33. The second kappa shape index (κ2) is 3.17. The third-order valence-electron chi connectivity index (χ3n) is 2.59. The van der Waals surface area contributed by atoms with Crippen molar-refractivity contribution in [2.45, 2.75) is 12.8 Å². The Morgan fingerprint density at radius 2 is 2.14 bits per heavy atom. The van der Waals surface area contributed by atoms with Gasteiger partial charge < -0.3 is 10.2 Å². The largest absolute Gasteiger partial charge is 0.506 e. The van der Waals surface area contributed by atoms with E-state index in [-0.39, 0.29) is 5.75 Å². The summed E-state index contributed by atoms with van der Waals surface area (Å²) in [5.74, 6) is -1.18. The van der Waals surface area contributed by atoms with Gasteiger partial charge in [0.15, 0.2) is 0 Å². The summed E-state index contributed by atoms with van der Waals surface area (Å²) < 4.78 is 0. The number of hydrogen-bond donors (Lipinski definition) is 2. The van der Waals surface area contributed by atoms with Crippen LogP contribution in [0.5, 0.6) is 5.75 Å². The predicted octanol–water partition coefficient (Wildman–Crippen LogP) is 1.84. The molecule has 0 aromatic heterocycles. The van der Waals surface area contributed by atoms with Crippen molar-refractivity contribution in [3.05, 3.63) is 28.3 Å². The lowest BCUT2D eigenvalue weighted by molar-refractivity contribution is -0.141. The Bertz CT molecular complexity index is 401. The minimum Gasteiger partial charge on any atom is -0.506 e. The van der Waals surface area contributed by atoms with Gasteiger partial charge in [0, 0.05) is 0 Å². The molecule has 1 aliphatic rings. The van der Waals surface area contributed by atoms with Gasteiger partial charge >= 0.3 is 5.97 Å². The average molecular weight is 213 g/mol. The van der Waals surface area contributed by atoms with E-state index in [9.17, 15) is 9.90 Å². The molecule has 74 valence electrons. The molecule has 0 amide bonds. The molecule has 1 atom stereocenters. The molecule has 1 aliphatic carbocycles. The van der Waals surface area contributed by atoms with E-state index in [4.69, 9.17) is 16.7 Å². The maximum atomic E-state index is 10.8. The van der Waals surface area contributed by atoms with E-state index in [2.05, 4.69) is 0 Å². The molecule has 0 aliphatic heterocycles. The van der Waals surface area contributed by atoms with Gasteiger partial charge in [-0.15, -0.1) is 0 Å². The number of fused-ring (bicyclic) bond motifs is 1. The van der Waals surface area contributed by atoms with E-state index in [1.54, 1.807) is 6.07 Å². The summed E-state index contributed by atoms with van der Waals surface area (Å²) in [6, 6.07) is 3.24. The Morgan fingerprint density at radius 1 is 1.43 bits per heavy atom. The Kier molecular flexibility index (Phi) is 2.11. The second-order valence-electron chi connectivity index (χ2n) is 3.48. The number of carboxylic acid groups (broad SMARTS) is 1. The molecular formula is C10H9ClO3. The van der Waals surface area contributed by atoms with Crippen molar-refractivity contribution in [3.8, 4) is 5.75 Å². The average Bonchev–Trinajstić information content (AvgIpc) is 2.56. The monoisotopic (exact) mass is 212 g/mol. The summed E-state index contributed by atoms with van der Waals surface area (Å²) in [4.78, 5) is 10.8.